The highest BCUT2D eigenvalue weighted by Gasteiger charge is 2.30. The molecule has 0 rings (SSSR count). The van der Waals surface area contributed by atoms with Gasteiger partial charge in [-0.15, -0.1) is 0 Å². The topological polar surface area (TPSA) is 237 Å². The third-order valence-electron chi connectivity index (χ3n) is 19.7. The maximum absolute atomic E-state index is 13.1. The molecule has 17 nitrogen and oxygen atoms in total. The van der Waals surface area contributed by atoms with Gasteiger partial charge in [0, 0.05) is 25.7 Å². The molecule has 0 amide bonds. The number of phosphoric acid groups is 2. The van der Waals surface area contributed by atoms with Crippen molar-refractivity contribution >= 4 is 39.5 Å². The summed E-state index contributed by atoms with van der Waals surface area (Å²) in [6, 6.07) is 0. The lowest BCUT2D eigenvalue weighted by atomic mass is 9.99. The first-order chi connectivity index (χ1) is 49.3. The van der Waals surface area contributed by atoms with Crippen LogP contribution in [-0.2, 0) is 65.4 Å². The quantitative estimate of drug-likeness (QED) is 0.0222. The Morgan fingerprint density at radius 2 is 0.500 bits per heavy atom. The first-order valence-corrected chi connectivity index (χ1v) is 45.9. The molecule has 0 radical (unpaired) electrons. The Morgan fingerprint density at radius 3 is 0.745 bits per heavy atom. The number of hydrogen-bond donors (Lipinski definition) is 3. The van der Waals surface area contributed by atoms with Crippen molar-refractivity contribution in [3.05, 3.63) is 0 Å². The Morgan fingerprint density at radius 1 is 0.284 bits per heavy atom. The first-order valence-electron chi connectivity index (χ1n) is 42.9. The third kappa shape index (κ3) is 74.9. The lowest BCUT2D eigenvalue weighted by molar-refractivity contribution is -0.161. The second kappa shape index (κ2) is 73.2. The number of rotatable bonds is 81. The van der Waals surface area contributed by atoms with E-state index in [1.165, 1.54) is 244 Å². The Labute approximate surface area is 626 Å². The normalized spacial score (nSPS) is 14.2. The second-order valence-electron chi connectivity index (χ2n) is 31.1. The van der Waals surface area contributed by atoms with Crippen LogP contribution in [0.5, 0.6) is 0 Å². The van der Waals surface area contributed by atoms with Crippen molar-refractivity contribution in [2.24, 2.45) is 17.8 Å². The molecule has 0 saturated heterocycles. The largest absolute Gasteiger partial charge is 0.472 e. The van der Waals surface area contributed by atoms with E-state index in [1.54, 1.807) is 0 Å². The van der Waals surface area contributed by atoms with Crippen molar-refractivity contribution in [3.63, 3.8) is 0 Å². The summed E-state index contributed by atoms with van der Waals surface area (Å²) >= 11 is 0. The van der Waals surface area contributed by atoms with E-state index in [0.717, 1.165) is 108 Å². The lowest BCUT2D eigenvalue weighted by Crippen LogP contribution is -2.30. The number of phosphoric ester groups is 2. The third-order valence-corrected chi connectivity index (χ3v) is 21.6. The summed E-state index contributed by atoms with van der Waals surface area (Å²) < 4.78 is 68.8. The van der Waals surface area contributed by atoms with Gasteiger partial charge >= 0.3 is 39.5 Å². The first kappa shape index (κ1) is 100. The lowest BCUT2D eigenvalue weighted by Gasteiger charge is -2.21. The molecule has 0 heterocycles. The minimum atomic E-state index is -4.96. The predicted molar refractivity (Wildman–Crippen MR) is 418 cm³/mol. The van der Waals surface area contributed by atoms with E-state index < -0.39 is 97.5 Å². The molecule has 6 atom stereocenters. The Kier molecular flexibility index (Phi) is 71.8. The highest BCUT2D eigenvalue weighted by molar-refractivity contribution is 7.47. The van der Waals surface area contributed by atoms with Crippen LogP contribution in [-0.4, -0.2) is 96.7 Å². The van der Waals surface area contributed by atoms with Gasteiger partial charge in [0.25, 0.3) is 0 Å². The van der Waals surface area contributed by atoms with Crippen LogP contribution in [0.25, 0.3) is 0 Å². The molecular weight excluding hydrogens is 1330 g/mol. The minimum Gasteiger partial charge on any atom is -0.462 e. The number of aliphatic hydroxyl groups is 1. The van der Waals surface area contributed by atoms with Crippen LogP contribution < -0.4 is 0 Å². The number of esters is 4. The van der Waals surface area contributed by atoms with E-state index in [2.05, 4.69) is 48.5 Å². The average molecular weight is 1490 g/mol. The van der Waals surface area contributed by atoms with Crippen molar-refractivity contribution in [2.45, 2.75) is 452 Å². The maximum Gasteiger partial charge on any atom is 0.472 e. The van der Waals surface area contributed by atoms with Gasteiger partial charge in [0.2, 0.25) is 0 Å². The Balaban J connectivity index is 5.23. The summed E-state index contributed by atoms with van der Waals surface area (Å²) in [5.74, 6) is 0.258. The standard InChI is InChI=1S/C83H162O17P2/c1-8-10-11-12-13-14-15-16-21-25-28-36-43-50-57-64-80(85)93-70-78(99-82(87)66-59-52-45-37-29-26-23-20-18-17-19-22-24-27-35-42-49-56-63-76(7)9-2)72-97-101(89,90)95-68-77(84)69-96-102(91,92)98-73-79(71-94-81(86)65-58-51-44-39-32-34-41-48-55-62-75(5)6)100-83(88)67-60-53-46-38-31-30-33-40-47-54-61-74(3)4/h74-79,84H,8-73H2,1-7H3,(H,89,90)(H,91,92)/t76?,77-,78-,79-/m1/s1. The van der Waals surface area contributed by atoms with Crippen molar-refractivity contribution in [1.82, 2.24) is 0 Å². The zero-order valence-electron chi connectivity index (χ0n) is 67.1. The second-order valence-corrected chi connectivity index (χ2v) is 34.0. The van der Waals surface area contributed by atoms with Gasteiger partial charge in [-0.2, -0.15) is 0 Å². The molecule has 3 N–H and O–H groups in total. The van der Waals surface area contributed by atoms with Crippen molar-refractivity contribution in [1.29, 1.82) is 0 Å². The van der Waals surface area contributed by atoms with E-state index in [1.807, 2.05) is 0 Å². The van der Waals surface area contributed by atoms with E-state index in [0.29, 0.717) is 25.7 Å². The molecule has 0 spiro atoms. The fraction of sp³-hybridized carbons (Fsp3) is 0.952. The van der Waals surface area contributed by atoms with E-state index >= 15 is 0 Å². The summed E-state index contributed by atoms with van der Waals surface area (Å²) in [5, 5.41) is 10.7. The van der Waals surface area contributed by atoms with Gasteiger partial charge in [-0.1, -0.05) is 382 Å². The number of aliphatic hydroxyl groups excluding tert-OH is 1. The zero-order valence-corrected chi connectivity index (χ0v) is 68.9. The van der Waals surface area contributed by atoms with E-state index in [9.17, 15) is 43.2 Å². The Hall–Kier alpha value is -1.94. The van der Waals surface area contributed by atoms with Crippen LogP contribution >= 0.6 is 15.6 Å². The van der Waals surface area contributed by atoms with Gasteiger partial charge in [-0.25, -0.2) is 9.13 Å². The molecule has 102 heavy (non-hydrogen) atoms. The molecular formula is C83H162O17P2. The molecule has 0 aromatic rings. The minimum absolute atomic E-state index is 0.106. The molecule has 0 fully saturated rings. The molecule has 0 aliphatic carbocycles. The summed E-state index contributed by atoms with van der Waals surface area (Å²) in [4.78, 5) is 73.1. The van der Waals surface area contributed by atoms with Crippen LogP contribution in [0.2, 0.25) is 0 Å². The van der Waals surface area contributed by atoms with Gasteiger partial charge in [0.05, 0.1) is 26.4 Å². The Bertz CT molecular complexity index is 1980. The van der Waals surface area contributed by atoms with Crippen LogP contribution in [0.4, 0.5) is 0 Å². The molecule has 0 aromatic carbocycles. The van der Waals surface area contributed by atoms with E-state index in [4.69, 9.17) is 37.0 Å². The smallest absolute Gasteiger partial charge is 0.462 e. The SMILES string of the molecule is CCCCCCCCCCCCCCCCCC(=O)OC[C@H](COP(=O)(O)OC[C@@H](O)COP(=O)(O)OC[C@@H](COC(=O)CCCCCCCCCCCC(C)C)OC(=O)CCCCCCCCCCCCC(C)C)OC(=O)CCCCCCCCCCCCCCCCCCCCC(C)CC. The molecule has 0 aliphatic heterocycles. The summed E-state index contributed by atoms with van der Waals surface area (Å²) in [6.45, 7) is 12.0. The molecule has 19 heteroatoms. The van der Waals surface area contributed by atoms with Crippen LogP contribution in [0, 0.1) is 17.8 Å². The van der Waals surface area contributed by atoms with E-state index in [-0.39, 0.29) is 25.7 Å². The fourth-order valence-corrected chi connectivity index (χ4v) is 14.4. The van der Waals surface area contributed by atoms with Crippen LogP contribution in [0.15, 0.2) is 0 Å². The summed E-state index contributed by atoms with van der Waals surface area (Å²) in [5.41, 5.74) is 0. The number of carbonyl (C=O) groups excluding carboxylic acids is 4. The molecule has 0 aliphatic rings. The van der Waals surface area contributed by atoms with Crippen LogP contribution in [0.3, 0.4) is 0 Å². The maximum atomic E-state index is 13.1. The zero-order chi connectivity index (χ0) is 75.1. The number of unbranched alkanes of at least 4 members (excludes halogenated alkanes) is 48. The predicted octanol–water partition coefficient (Wildman–Crippen LogP) is 24.9. The van der Waals surface area contributed by atoms with Crippen LogP contribution in [0.1, 0.15) is 434 Å². The monoisotopic (exact) mass is 1490 g/mol. The molecule has 0 saturated carbocycles. The number of carbonyl (C=O) groups is 4. The molecule has 606 valence electrons. The van der Waals surface area contributed by atoms with Crippen molar-refractivity contribution in [2.75, 3.05) is 39.6 Å². The van der Waals surface area contributed by atoms with Gasteiger partial charge in [-0.05, 0) is 43.4 Å². The summed E-state index contributed by atoms with van der Waals surface area (Å²) in [6.07, 6.45) is 62.4. The summed E-state index contributed by atoms with van der Waals surface area (Å²) in [7, 11) is -9.92. The van der Waals surface area contributed by atoms with Crippen molar-refractivity contribution < 1.29 is 80.2 Å². The highest BCUT2D eigenvalue weighted by atomic mass is 31.2. The highest BCUT2D eigenvalue weighted by Crippen LogP contribution is 2.45. The molecule has 3 unspecified atom stereocenters. The number of ether oxygens (including phenoxy) is 4. The number of hydrogen-bond acceptors (Lipinski definition) is 15. The fourth-order valence-electron chi connectivity index (χ4n) is 12.8. The molecule has 0 aromatic heterocycles. The van der Waals surface area contributed by atoms with Gasteiger partial charge in [-0.3, -0.25) is 37.3 Å². The van der Waals surface area contributed by atoms with Crippen molar-refractivity contribution in [3.8, 4) is 0 Å². The van der Waals surface area contributed by atoms with Gasteiger partial charge in [0.1, 0.15) is 19.3 Å². The average Bonchev–Trinajstić information content (AvgIpc) is 0.912. The van der Waals surface area contributed by atoms with Gasteiger partial charge < -0.3 is 33.8 Å². The van der Waals surface area contributed by atoms with Gasteiger partial charge in [0.15, 0.2) is 12.2 Å². The molecule has 0 bridgehead atoms.